The molecule has 0 aromatic heterocycles. The lowest BCUT2D eigenvalue weighted by Crippen LogP contribution is -2.17. The van der Waals surface area contributed by atoms with Crippen LogP contribution in [0.2, 0.25) is 10.0 Å². The first kappa shape index (κ1) is 17.4. The molecule has 0 bridgehead atoms. The van der Waals surface area contributed by atoms with E-state index in [2.05, 4.69) is 4.99 Å². The third-order valence-electron chi connectivity index (χ3n) is 2.63. The van der Waals surface area contributed by atoms with Gasteiger partial charge in [-0.2, -0.15) is 5.26 Å². The minimum Gasteiger partial charge on any atom is -0.465 e. The third-order valence-corrected chi connectivity index (χ3v) is 3.25. The van der Waals surface area contributed by atoms with E-state index in [9.17, 15) is 9.18 Å². The van der Waals surface area contributed by atoms with Crippen LogP contribution in [0.4, 0.5) is 4.39 Å². The van der Waals surface area contributed by atoms with Crippen molar-refractivity contribution in [2.45, 2.75) is 19.9 Å². The third kappa shape index (κ3) is 4.69. The summed E-state index contributed by atoms with van der Waals surface area (Å²) in [6, 6.07) is 3.71. The van der Waals surface area contributed by atoms with Crippen molar-refractivity contribution >= 4 is 35.4 Å². The SMILES string of the molecule is CCOC(=O)[C@H](C#N)C=N[C@@H](C)c1cc(F)c(Cl)cc1Cl. The van der Waals surface area contributed by atoms with Crippen LogP contribution in [-0.4, -0.2) is 18.8 Å². The Labute approximate surface area is 132 Å². The minimum absolute atomic E-state index is 0.0821. The zero-order valence-electron chi connectivity index (χ0n) is 11.4. The maximum Gasteiger partial charge on any atom is 0.328 e. The van der Waals surface area contributed by atoms with Crippen molar-refractivity contribution in [1.29, 1.82) is 5.26 Å². The average Bonchev–Trinajstić information content (AvgIpc) is 2.43. The van der Waals surface area contributed by atoms with Crippen molar-refractivity contribution < 1.29 is 13.9 Å². The zero-order chi connectivity index (χ0) is 16.0. The van der Waals surface area contributed by atoms with Crippen LogP contribution >= 0.6 is 23.2 Å². The van der Waals surface area contributed by atoms with E-state index >= 15 is 0 Å². The standard InChI is InChI=1S/C14H13Cl2FN2O2/c1-3-21-14(20)9(6-18)7-19-8(2)10-4-13(17)12(16)5-11(10)15/h4-5,7-9H,3H2,1-2H3/t8-,9+/m0/s1. The van der Waals surface area contributed by atoms with Gasteiger partial charge in [-0.1, -0.05) is 23.2 Å². The molecule has 0 N–H and O–H groups in total. The molecule has 4 nitrogen and oxygen atoms in total. The normalized spacial score (nSPS) is 13.7. The van der Waals surface area contributed by atoms with E-state index in [1.807, 2.05) is 0 Å². The fraction of sp³-hybridized carbons (Fsp3) is 0.357. The molecular weight excluding hydrogens is 318 g/mol. The van der Waals surface area contributed by atoms with Gasteiger partial charge >= 0.3 is 5.97 Å². The lowest BCUT2D eigenvalue weighted by Gasteiger charge is -2.11. The predicted octanol–water partition coefficient (Wildman–Crippen LogP) is 3.97. The number of aliphatic imine (C=N–C) groups is 1. The van der Waals surface area contributed by atoms with Crippen molar-refractivity contribution in [2.75, 3.05) is 6.61 Å². The van der Waals surface area contributed by atoms with Crippen molar-refractivity contribution in [3.05, 3.63) is 33.6 Å². The molecule has 0 saturated carbocycles. The van der Waals surface area contributed by atoms with Crippen LogP contribution in [0.1, 0.15) is 25.5 Å². The van der Waals surface area contributed by atoms with E-state index in [0.717, 1.165) is 0 Å². The van der Waals surface area contributed by atoms with Gasteiger partial charge in [-0.15, -0.1) is 0 Å². The summed E-state index contributed by atoms with van der Waals surface area (Å²) >= 11 is 11.6. The lowest BCUT2D eigenvalue weighted by molar-refractivity contribution is -0.143. The van der Waals surface area contributed by atoms with Crippen LogP contribution in [-0.2, 0) is 9.53 Å². The molecule has 0 aliphatic heterocycles. The van der Waals surface area contributed by atoms with Gasteiger partial charge in [-0.3, -0.25) is 9.79 Å². The molecule has 1 aromatic carbocycles. The van der Waals surface area contributed by atoms with E-state index in [-0.39, 0.29) is 16.7 Å². The second kappa shape index (κ2) is 7.96. The van der Waals surface area contributed by atoms with Crippen molar-refractivity contribution in [2.24, 2.45) is 10.9 Å². The van der Waals surface area contributed by atoms with Crippen LogP contribution in [0.5, 0.6) is 0 Å². The monoisotopic (exact) mass is 330 g/mol. The number of halogens is 3. The highest BCUT2D eigenvalue weighted by Crippen LogP contribution is 2.30. The molecular formula is C14H13Cl2FN2O2. The molecule has 0 fully saturated rings. The quantitative estimate of drug-likeness (QED) is 0.466. The van der Waals surface area contributed by atoms with Gasteiger partial charge < -0.3 is 4.74 Å². The number of carbonyl (C=O) groups excluding carboxylic acids is 1. The molecule has 0 radical (unpaired) electrons. The van der Waals surface area contributed by atoms with Crippen LogP contribution < -0.4 is 0 Å². The van der Waals surface area contributed by atoms with E-state index < -0.39 is 23.7 Å². The summed E-state index contributed by atoms with van der Waals surface area (Å²) in [5.74, 6) is -2.40. The van der Waals surface area contributed by atoms with Gasteiger partial charge in [0.15, 0.2) is 5.92 Å². The van der Waals surface area contributed by atoms with E-state index in [1.54, 1.807) is 19.9 Å². The number of rotatable bonds is 5. The Kier molecular flexibility index (Phi) is 6.60. The molecule has 1 rings (SSSR count). The highest BCUT2D eigenvalue weighted by molar-refractivity contribution is 6.35. The lowest BCUT2D eigenvalue weighted by atomic mass is 10.1. The summed E-state index contributed by atoms with van der Waals surface area (Å²) < 4.78 is 18.2. The number of hydrogen-bond acceptors (Lipinski definition) is 4. The van der Waals surface area contributed by atoms with Gasteiger partial charge in [-0.05, 0) is 31.5 Å². The van der Waals surface area contributed by atoms with E-state index in [4.69, 9.17) is 33.2 Å². The molecule has 7 heteroatoms. The molecule has 0 aliphatic carbocycles. The zero-order valence-corrected chi connectivity index (χ0v) is 13.0. The Bertz CT molecular complexity index is 599. The molecule has 0 spiro atoms. The number of carbonyl (C=O) groups is 1. The minimum atomic E-state index is -1.11. The number of hydrogen-bond donors (Lipinski definition) is 0. The molecule has 0 amide bonds. The number of esters is 1. The first-order valence-electron chi connectivity index (χ1n) is 6.14. The van der Waals surface area contributed by atoms with Gasteiger partial charge in [0.2, 0.25) is 0 Å². The molecule has 21 heavy (non-hydrogen) atoms. The van der Waals surface area contributed by atoms with Crippen molar-refractivity contribution in [3.8, 4) is 6.07 Å². The Balaban J connectivity index is 2.92. The van der Waals surface area contributed by atoms with Crippen LogP contribution in [0, 0.1) is 23.1 Å². The average molecular weight is 331 g/mol. The summed E-state index contributed by atoms with van der Waals surface area (Å²) in [6.07, 6.45) is 1.17. The van der Waals surface area contributed by atoms with E-state index in [1.165, 1.54) is 18.3 Å². The van der Waals surface area contributed by atoms with E-state index in [0.29, 0.717) is 5.56 Å². The second-order valence-electron chi connectivity index (χ2n) is 4.12. The van der Waals surface area contributed by atoms with Crippen LogP contribution in [0.3, 0.4) is 0 Å². The summed E-state index contributed by atoms with van der Waals surface area (Å²) in [5, 5.41) is 9.07. The fourth-order valence-electron chi connectivity index (χ4n) is 1.53. The topological polar surface area (TPSA) is 62.5 Å². The molecule has 0 saturated heterocycles. The Hall–Kier alpha value is -1.64. The van der Waals surface area contributed by atoms with Gasteiger partial charge in [0, 0.05) is 11.2 Å². The first-order valence-corrected chi connectivity index (χ1v) is 6.90. The summed E-state index contributed by atoms with van der Waals surface area (Å²) in [7, 11) is 0. The highest BCUT2D eigenvalue weighted by atomic mass is 35.5. The summed E-state index contributed by atoms with van der Waals surface area (Å²) in [5.41, 5.74) is 0.412. The van der Waals surface area contributed by atoms with Gasteiger partial charge in [-0.25, -0.2) is 4.39 Å². The molecule has 2 atom stereocenters. The van der Waals surface area contributed by atoms with Gasteiger partial charge in [0.1, 0.15) is 5.82 Å². The first-order chi connectivity index (χ1) is 9.90. The second-order valence-corrected chi connectivity index (χ2v) is 4.94. The maximum absolute atomic E-state index is 13.4. The molecule has 1 aromatic rings. The van der Waals surface area contributed by atoms with Gasteiger partial charge in [0.25, 0.3) is 0 Å². The number of ether oxygens (including phenoxy) is 1. The molecule has 0 aliphatic rings. The largest absolute Gasteiger partial charge is 0.465 e. The fourth-order valence-corrected chi connectivity index (χ4v) is 2.07. The molecule has 0 unspecified atom stereocenters. The summed E-state index contributed by atoms with van der Waals surface area (Å²) in [6.45, 7) is 3.47. The Morgan fingerprint density at radius 3 is 2.76 bits per heavy atom. The Morgan fingerprint density at radius 2 is 2.19 bits per heavy atom. The van der Waals surface area contributed by atoms with Crippen LogP contribution in [0.25, 0.3) is 0 Å². The van der Waals surface area contributed by atoms with Crippen molar-refractivity contribution in [3.63, 3.8) is 0 Å². The summed E-state index contributed by atoms with van der Waals surface area (Å²) in [4.78, 5) is 15.5. The molecule has 0 heterocycles. The van der Waals surface area contributed by atoms with Gasteiger partial charge in [0.05, 0.1) is 23.7 Å². The predicted molar refractivity (Wildman–Crippen MR) is 79.1 cm³/mol. The number of benzene rings is 1. The smallest absolute Gasteiger partial charge is 0.328 e. The Morgan fingerprint density at radius 1 is 1.52 bits per heavy atom. The van der Waals surface area contributed by atoms with Crippen LogP contribution in [0.15, 0.2) is 17.1 Å². The molecule has 112 valence electrons. The van der Waals surface area contributed by atoms with Crippen molar-refractivity contribution in [1.82, 2.24) is 0 Å². The highest BCUT2D eigenvalue weighted by Gasteiger charge is 2.18. The number of nitriles is 1. The maximum atomic E-state index is 13.4. The number of nitrogens with zero attached hydrogens (tertiary/aromatic N) is 2.